The van der Waals surface area contributed by atoms with E-state index in [0.29, 0.717) is 55.7 Å². The summed E-state index contributed by atoms with van der Waals surface area (Å²) in [5.74, 6) is 0.0866. The van der Waals surface area contributed by atoms with Gasteiger partial charge in [0.05, 0.1) is 41.7 Å². The third-order valence-corrected chi connectivity index (χ3v) is 8.68. The van der Waals surface area contributed by atoms with Gasteiger partial charge in [0.25, 0.3) is 0 Å². The third kappa shape index (κ3) is 5.57. The van der Waals surface area contributed by atoms with Crippen LogP contribution in [0.1, 0.15) is 60.5 Å². The van der Waals surface area contributed by atoms with E-state index in [1.165, 1.54) is 12.1 Å². The molecular formula is C35H37ClFN3O4. The van der Waals surface area contributed by atoms with Crippen LogP contribution in [0.15, 0.2) is 48.5 Å². The highest BCUT2D eigenvalue weighted by Crippen LogP contribution is 2.43. The van der Waals surface area contributed by atoms with E-state index in [0.717, 1.165) is 69.0 Å². The summed E-state index contributed by atoms with van der Waals surface area (Å²) in [7, 11) is 1.94. The number of carbonyl (C=O) groups excluding carboxylic acids is 1. The van der Waals surface area contributed by atoms with E-state index >= 15 is 0 Å². The molecule has 0 spiro atoms. The van der Waals surface area contributed by atoms with Gasteiger partial charge in [0.1, 0.15) is 17.3 Å². The quantitative estimate of drug-likeness (QED) is 0.130. The monoisotopic (exact) mass is 617 g/mol. The van der Waals surface area contributed by atoms with Crippen LogP contribution in [-0.4, -0.2) is 40.1 Å². The molecule has 0 radical (unpaired) electrons. The minimum atomic E-state index is -0.342. The number of fused-ring (bicyclic) bond motifs is 3. The Hall–Kier alpha value is -3.88. The number of hydrogen-bond donors (Lipinski definition) is 0. The highest BCUT2D eigenvalue weighted by molar-refractivity contribution is 6.35. The van der Waals surface area contributed by atoms with Crippen molar-refractivity contribution in [3.63, 3.8) is 0 Å². The van der Waals surface area contributed by atoms with Gasteiger partial charge in [0, 0.05) is 42.1 Å². The molecule has 2 aromatic heterocycles. The molecule has 0 unspecified atom stereocenters. The van der Waals surface area contributed by atoms with Crippen molar-refractivity contribution in [2.75, 3.05) is 19.8 Å². The molecule has 3 aromatic carbocycles. The Balaban J connectivity index is 1.45. The van der Waals surface area contributed by atoms with Crippen LogP contribution in [0.25, 0.3) is 32.8 Å². The van der Waals surface area contributed by atoms with Crippen molar-refractivity contribution in [3.8, 4) is 16.9 Å². The van der Waals surface area contributed by atoms with Crippen molar-refractivity contribution in [2.24, 2.45) is 7.05 Å². The molecule has 230 valence electrons. The summed E-state index contributed by atoms with van der Waals surface area (Å²) in [6, 6.07) is 14.3. The van der Waals surface area contributed by atoms with E-state index in [1.807, 2.05) is 49.0 Å². The maximum Gasteiger partial charge on any atom is 0.355 e. The molecule has 0 saturated heterocycles. The molecule has 3 heterocycles. The maximum atomic E-state index is 13.8. The number of aryl methyl sites for hydroxylation is 4. The Morgan fingerprint density at radius 1 is 1.09 bits per heavy atom. The summed E-state index contributed by atoms with van der Waals surface area (Å²) in [4.78, 5) is 13.7. The molecule has 5 aromatic rings. The highest BCUT2D eigenvalue weighted by atomic mass is 35.5. The minimum absolute atomic E-state index is 0.277. The average Bonchev–Trinajstić information content (AvgIpc) is 3.49. The van der Waals surface area contributed by atoms with Crippen LogP contribution in [0.3, 0.4) is 0 Å². The number of halogens is 2. The average molecular weight is 618 g/mol. The first-order valence-corrected chi connectivity index (χ1v) is 15.7. The fraction of sp³-hybridized carbons (Fsp3) is 0.371. The second-order valence-corrected chi connectivity index (χ2v) is 11.5. The molecule has 0 aliphatic carbocycles. The molecular weight excluding hydrogens is 581 g/mol. The van der Waals surface area contributed by atoms with E-state index in [9.17, 15) is 9.18 Å². The zero-order valence-corrected chi connectivity index (χ0v) is 26.2. The summed E-state index contributed by atoms with van der Waals surface area (Å²) in [6.45, 7) is 6.29. The van der Waals surface area contributed by atoms with E-state index in [2.05, 4.69) is 11.5 Å². The Kier molecular flexibility index (Phi) is 8.91. The molecule has 7 nitrogen and oxygen atoms in total. The molecule has 6 rings (SSSR count). The lowest BCUT2D eigenvalue weighted by Crippen LogP contribution is -2.15. The number of rotatable bonds is 8. The van der Waals surface area contributed by atoms with Crippen molar-refractivity contribution in [3.05, 3.63) is 82.0 Å². The van der Waals surface area contributed by atoms with Gasteiger partial charge in [-0.15, -0.1) is 0 Å². The van der Waals surface area contributed by atoms with Crippen LogP contribution in [0.5, 0.6) is 5.75 Å². The van der Waals surface area contributed by atoms with Gasteiger partial charge in [-0.3, -0.25) is 4.68 Å². The van der Waals surface area contributed by atoms with Crippen LogP contribution in [-0.2, 0) is 42.5 Å². The number of carbonyl (C=O) groups is 1. The largest absolute Gasteiger partial charge is 0.493 e. The molecule has 0 bridgehead atoms. The molecule has 0 N–H and O–H groups in total. The lowest BCUT2D eigenvalue weighted by atomic mass is 9.97. The van der Waals surface area contributed by atoms with Crippen molar-refractivity contribution in [1.82, 2.24) is 14.3 Å². The summed E-state index contributed by atoms with van der Waals surface area (Å²) >= 11 is 7.04. The predicted octanol–water partition coefficient (Wildman–Crippen LogP) is 8.05. The summed E-state index contributed by atoms with van der Waals surface area (Å²) in [6.07, 6.45) is 3.67. The lowest BCUT2D eigenvalue weighted by Gasteiger charge is -2.14. The number of esters is 1. The van der Waals surface area contributed by atoms with Gasteiger partial charge in [0.2, 0.25) is 0 Å². The first-order chi connectivity index (χ1) is 21.4. The Bertz CT molecular complexity index is 1840. The zero-order chi connectivity index (χ0) is 30.8. The first-order valence-electron chi connectivity index (χ1n) is 15.4. The molecule has 44 heavy (non-hydrogen) atoms. The molecule has 0 amide bonds. The second kappa shape index (κ2) is 13.0. The normalized spacial score (nSPS) is 13.6. The van der Waals surface area contributed by atoms with Gasteiger partial charge in [-0.25, -0.2) is 9.18 Å². The molecule has 0 saturated carbocycles. The maximum absolute atomic E-state index is 13.8. The summed E-state index contributed by atoms with van der Waals surface area (Å²) < 4.78 is 35.7. The van der Waals surface area contributed by atoms with Gasteiger partial charge < -0.3 is 18.8 Å². The number of ether oxygens (including phenoxy) is 3. The van der Waals surface area contributed by atoms with Crippen LogP contribution in [0, 0.1) is 5.82 Å². The second-order valence-electron chi connectivity index (χ2n) is 11.1. The van der Waals surface area contributed by atoms with Gasteiger partial charge in [-0.2, -0.15) is 5.10 Å². The SMILES string of the molecule is CCOC(=O)c1c(CCCOc2cccc3cc(F)ccc23)c2ccc(Cl)c3c2n1CCCCOCc1c-3c(CC)nn1C. The fourth-order valence-corrected chi connectivity index (χ4v) is 6.63. The standard InChI is InChI=1S/C35H37ClFN3O4/c1-4-28-32-29(39(3)38-28)21-42-18-7-6-17-40-33-26(15-16-27(36)31(32)33)25(34(40)35(41)43-5-2)11-9-19-44-30-12-8-10-22-20-23(37)13-14-24(22)30/h8,10,12-16,20H,4-7,9,11,17-19,21H2,1-3H3. The first kappa shape index (κ1) is 30.2. The molecule has 1 aliphatic rings. The van der Waals surface area contributed by atoms with Crippen LogP contribution >= 0.6 is 11.6 Å². The Morgan fingerprint density at radius 2 is 1.93 bits per heavy atom. The fourth-order valence-electron chi connectivity index (χ4n) is 6.39. The summed E-state index contributed by atoms with van der Waals surface area (Å²) in [5.41, 5.74) is 6.18. The highest BCUT2D eigenvalue weighted by Gasteiger charge is 2.29. The number of hydrogen-bond acceptors (Lipinski definition) is 5. The summed E-state index contributed by atoms with van der Waals surface area (Å²) in [5, 5.41) is 8.07. The van der Waals surface area contributed by atoms with E-state index in [4.69, 9.17) is 30.9 Å². The number of nitrogens with zero attached hydrogens (tertiary/aromatic N) is 3. The van der Waals surface area contributed by atoms with E-state index in [1.54, 1.807) is 6.07 Å². The number of aromatic nitrogens is 3. The van der Waals surface area contributed by atoms with E-state index in [-0.39, 0.29) is 18.4 Å². The minimum Gasteiger partial charge on any atom is -0.493 e. The molecule has 0 fully saturated rings. The molecule has 9 heteroatoms. The van der Waals surface area contributed by atoms with Crippen molar-refractivity contribution < 1.29 is 23.4 Å². The Morgan fingerprint density at radius 3 is 2.75 bits per heavy atom. The van der Waals surface area contributed by atoms with Gasteiger partial charge >= 0.3 is 5.97 Å². The van der Waals surface area contributed by atoms with Gasteiger partial charge in [0.15, 0.2) is 0 Å². The predicted molar refractivity (Wildman–Crippen MR) is 171 cm³/mol. The molecule has 0 atom stereocenters. The Labute approximate surface area is 261 Å². The zero-order valence-electron chi connectivity index (χ0n) is 25.4. The topological polar surface area (TPSA) is 67.5 Å². The van der Waals surface area contributed by atoms with Crippen molar-refractivity contribution in [2.45, 2.75) is 59.1 Å². The van der Waals surface area contributed by atoms with E-state index < -0.39 is 0 Å². The van der Waals surface area contributed by atoms with Crippen molar-refractivity contribution in [1.29, 1.82) is 0 Å². The lowest BCUT2D eigenvalue weighted by molar-refractivity contribution is 0.0512. The smallest absolute Gasteiger partial charge is 0.355 e. The van der Waals surface area contributed by atoms with Crippen molar-refractivity contribution >= 4 is 39.2 Å². The number of benzene rings is 3. The van der Waals surface area contributed by atoms with Crippen LogP contribution in [0.2, 0.25) is 5.02 Å². The van der Waals surface area contributed by atoms with Gasteiger partial charge in [-0.1, -0.05) is 36.7 Å². The molecule has 1 aliphatic heterocycles. The van der Waals surface area contributed by atoms with Crippen LogP contribution in [0.4, 0.5) is 4.39 Å². The third-order valence-electron chi connectivity index (χ3n) is 8.36. The van der Waals surface area contributed by atoms with Crippen LogP contribution < -0.4 is 4.74 Å². The van der Waals surface area contributed by atoms with Gasteiger partial charge in [-0.05, 0) is 80.3 Å².